The highest BCUT2D eigenvalue weighted by Gasteiger charge is 2.34. The van der Waals surface area contributed by atoms with Gasteiger partial charge in [-0.15, -0.1) is 0 Å². The van der Waals surface area contributed by atoms with Crippen LogP contribution in [0.1, 0.15) is 24.8 Å². The molecule has 0 spiro atoms. The number of carbonyl (C=O) groups excluding carboxylic acids is 2. The molecule has 2 heterocycles. The number of fused-ring (bicyclic) bond motifs is 1. The molecule has 170 valence electrons. The molecular weight excluding hydrogens is 469 g/mol. The van der Waals surface area contributed by atoms with Crippen LogP contribution in [0.4, 0.5) is 23.1 Å². The number of H-pyrrole nitrogens is 1. The number of benzene rings is 2. The molecule has 0 bridgehead atoms. The van der Waals surface area contributed by atoms with Gasteiger partial charge in [0.25, 0.3) is 5.56 Å². The van der Waals surface area contributed by atoms with Crippen molar-refractivity contribution in [2.24, 2.45) is 0 Å². The minimum atomic E-state index is -1.01. The molecule has 0 saturated carbocycles. The van der Waals surface area contributed by atoms with Crippen LogP contribution in [0.5, 0.6) is 5.75 Å². The van der Waals surface area contributed by atoms with Gasteiger partial charge in [-0.3, -0.25) is 19.4 Å². The highest BCUT2D eigenvalue weighted by molar-refractivity contribution is 6.35. The topological polar surface area (TPSA) is 125 Å². The molecule has 1 aliphatic rings. The monoisotopic (exact) mass is 487 g/mol. The lowest BCUT2D eigenvalue weighted by atomic mass is 9.92. The molecule has 9 nitrogen and oxygen atoms in total. The summed E-state index contributed by atoms with van der Waals surface area (Å²) in [5.41, 5.74) is 0.522. The summed E-state index contributed by atoms with van der Waals surface area (Å²) >= 11 is 12.0. The Hall–Kier alpha value is -3.56. The van der Waals surface area contributed by atoms with Crippen LogP contribution >= 0.6 is 23.2 Å². The largest absolute Gasteiger partial charge is 0.494 e. The summed E-state index contributed by atoms with van der Waals surface area (Å²) < 4.78 is 5.39. The van der Waals surface area contributed by atoms with Gasteiger partial charge in [0.05, 0.1) is 18.1 Å². The maximum Gasteiger partial charge on any atom is 0.258 e. The van der Waals surface area contributed by atoms with Crippen molar-refractivity contribution >= 4 is 58.2 Å². The van der Waals surface area contributed by atoms with Crippen LogP contribution in [0.2, 0.25) is 10.0 Å². The molecule has 1 atom stereocenters. The zero-order chi connectivity index (χ0) is 23.5. The van der Waals surface area contributed by atoms with Crippen LogP contribution in [0.3, 0.4) is 0 Å². The number of aromatic nitrogens is 2. The predicted octanol–water partition coefficient (Wildman–Crippen LogP) is 4.28. The number of hydrogen-bond donors (Lipinski definition) is 4. The Morgan fingerprint density at radius 3 is 2.48 bits per heavy atom. The number of nitrogens with one attached hydrogen (secondary N) is 4. The third kappa shape index (κ3) is 5.27. The maximum absolute atomic E-state index is 12.9. The number of carbonyl (C=O) groups is 2. The number of hydrogen-bond acceptors (Lipinski definition) is 6. The van der Waals surface area contributed by atoms with Crippen LogP contribution < -0.4 is 26.2 Å². The van der Waals surface area contributed by atoms with Crippen LogP contribution in [0.15, 0.2) is 47.3 Å². The van der Waals surface area contributed by atoms with Crippen LogP contribution in [-0.2, 0) is 9.59 Å². The van der Waals surface area contributed by atoms with E-state index in [9.17, 15) is 14.4 Å². The second-order valence-electron chi connectivity index (χ2n) is 7.21. The molecule has 1 aromatic heterocycles. The smallest absolute Gasteiger partial charge is 0.258 e. The number of amides is 2. The molecule has 0 unspecified atom stereocenters. The molecule has 0 radical (unpaired) electrons. The van der Waals surface area contributed by atoms with Crippen LogP contribution in [0.25, 0.3) is 0 Å². The second kappa shape index (κ2) is 9.51. The quantitative estimate of drug-likeness (QED) is 0.411. The summed E-state index contributed by atoms with van der Waals surface area (Å²) in [6.45, 7) is 2.40. The molecule has 1 aliphatic heterocycles. The molecule has 11 heteroatoms. The Kier molecular flexibility index (Phi) is 6.52. The third-order valence-corrected chi connectivity index (χ3v) is 5.26. The molecule has 2 amide bonds. The van der Waals surface area contributed by atoms with E-state index in [1.165, 1.54) is 0 Å². The summed E-state index contributed by atoms with van der Waals surface area (Å²) in [5, 5.41) is 8.98. The summed E-state index contributed by atoms with van der Waals surface area (Å²) in [5.74, 6) is -1.19. The fourth-order valence-corrected chi connectivity index (χ4v) is 3.97. The number of anilines is 4. The average molecular weight is 488 g/mol. The first-order chi connectivity index (χ1) is 15.8. The second-order valence-corrected chi connectivity index (χ2v) is 8.08. The van der Waals surface area contributed by atoms with Crippen molar-refractivity contribution < 1.29 is 14.3 Å². The Morgan fingerprint density at radius 1 is 1.12 bits per heavy atom. The van der Waals surface area contributed by atoms with Gasteiger partial charge in [-0.2, -0.15) is 4.98 Å². The Balaban J connectivity index is 1.59. The average Bonchev–Trinajstić information content (AvgIpc) is 2.73. The van der Waals surface area contributed by atoms with E-state index in [0.29, 0.717) is 33.8 Å². The molecule has 0 fully saturated rings. The van der Waals surface area contributed by atoms with E-state index in [1.807, 2.05) is 6.92 Å². The standard InChI is InChI=1S/C22H19Cl2N5O4/c1-2-33-15-5-3-13(4-6-15)25-20(31)16-10-17(30)27-19-18(16)21(32)29-22(28-19)26-14-8-11(23)7-12(24)9-14/h3-9,16H,2,10H2,1H3,(H,25,31)(H3,26,27,28,29,30,32)/t16-/m1/s1. The molecular formula is C22H19Cl2N5O4. The van der Waals surface area contributed by atoms with E-state index >= 15 is 0 Å². The first kappa shape index (κ1) is 22.6. The van der Waals surface area contributed by atoms with Crippen molar-refractivity contribution in [2.45, 2.75) is 19.3 Å². The zero-order valence-corrected chi connectivity index (χ0v) is 18.9. The van der Waals surface area contributed by atoms with Crippen LogP contribution in [0, 0.1) is 0 Å². The normalized spacial score (nSPS) is 14.8. The van der Waals surface area contributed by atoms with Crippen molar-refractivity contribution in [3.8, 4) is 5.75 Å². The molecule has 2 aromatic carbocycles. The molecule has 0 saturated heterocycles. The van der Waals surface area contributed by atoms with E-state index in [0.717, 1.165) is 0 Å². The van der Waals surface area contributed by atoms with Crippen molar-refractivity contribution in [1.82, 2.24) is 9.97 Å². The highest BCUT2D eigenvalue weighted by Crippen LogP contribution is 2.31. The van der Waals surface area contributed by atoms with Crippen molar-refractivity contribution in [3.63, 3.8) is 0 Å². The molecule has 3 aromatic rings. The summed E-state index contributed by atoms with van der Waals surface area (Å²) in [6, 6.07) is 11.5. The van der Waals surface area contributed by atoms with Gasteiger partial charge < -0.3 is 20.7 Å². The van der Waals surface area contributed by atoms with Gasteiger partial charge in [-0.25, -0.2) is 0 Å². The van der Waals surface area contributed by atoms with E-state index in [4.69, 9.17) is 27.9 Å². The predicted molar refractivity (Wildman–Crippen MR) is 127 cm³/mol. The Bertz CT molecular complexity index is 1260. The molecule has 0 aliphatic carbocycles. The van der Waals surface area contributed by atoms with E-state index in [1.54, 1.807) is 42.5 Å². The zero-order valence-electron chi connectivity index (χ0n) is 17.4. The summed E-state index contributed by atoms with van der Waals surface area (Å²) in [6.07, 6.45) is -0.183. The molecule has 4 N–H and O–H groups in total. The number of aromatic amines is 1. The van der Waals surface area contributed by atoms with Gasteiger partial charge >= 0.3 is 0 Å². The lowest BCUT2D eigenvalue weighted by Gasteiger charge is -2.23. The van der Waals surface area contributed by atoms with Gasteiger partial charge in [0.15, 0.2) is 0 Å². The van der Waals surface area contributed by atoms with Crippen molar-refractivity contribution in [3.05, 3.63) is 68.4 Å². The fraction of sp³-hybridized carbons (Fsp3) is 0.182. The van der Waals surface area contributed by atoms with Gasteiger partial charge in [0.2, 0.25) is 17.8 Å². The number of halogens is 2. The van der Waals surface area contributed by atoms with Crippen molar-refractivity contribution in [2.75, 3.05) is 22.6 Å². The first-order valence-electron chi connectivity index (χ1n) is 10.0. The summed E-state index contributed by atoms with van der Waals surface area (Å²) in [7, 11) is 0. The third-order valence-electron chi connectivity index (χ3n) is 4.83. The maximum atomic E-state index is 12.9. The highest BCUT2D eigenvalue weighted by atomic mass is 35.5. The number of nitrogens with zero attached hydrogens (tertiary/aromatic N) is 1. The van der Waals surface area contributed by atoms with Gasteiger partial charge in [-0.05, 0) is 49.4 Å². The van der Waals surface area contributed by atoms with Gasteiger partial charge in [-0.1, -0.05) is 23.2 Å². The lowest BCUT2D eigenvalue weighted by Crippen LogP contribution is -2.36. The lowest BCUT2D eigenvalue weighted by molar-refractivity contribution is -0.123. The first-order valence-corrected chi connectivity index (χ1v) is 10.8. The van der Waals surface area contributed by atoms with Crippen LogP contribution in [-0.4, -0.2) is 28.4 Å². The molecule has 33 heavy (non-hydrogen) atoms. The fourth-order valence-electron chi connectivity index (χ4n) is 3.45. The molecule has 4 rings (SSSR count). The number of ether oxygens (including phenoxy) is 1. The Labute approximate surface area is 198 Å². The SMILES string of the molecule is CCOc1ccc(NC(=O)[C@@H]2CC(=O)Nc3nc(Nc4cc(Cl)cc(Cl)c4)[nH]c(=O)c32)cc1. The Morgan fingerprint density at radius 2 is 1.82 bits per heavy atom. The van der Waals surface area contributed by atoms with Crippen molar-refractivity contribution in [1.29, 1.82) is 0 Å². The van der Waals surface area contributed by atoms with E-state index in [-0.39, 0.29) is 23.8 Å². The number of rotatable bonds is 6. The van der Waals surface area contributed by atoms with E-state index in [2.05, 4.69) is 25.9 Å². The summed E-state index contributed by atoms with van der Waals surface area (Å²) in [4.78, 5) is 44.9. The minimum absolute atomic E-state index is 0.0115. The minimum Gasteiger partial charge on any atom is -0.494 e. The van der Waals surface area contributed by atoms with Gasteiger partial charge in [0.1, 0.15) is 11.6 Å². The van der Waals surface area contributed by atoms with E-state index < -0.39 is 23.3 Å². The van der Waals surface area contributed by atoms with Gasteiger partial charge in [0, 0.05) is 27.8 Å².